The molecule has 1 fully saturated rings. The Bertz CT molecular complexity index is 450. The van der Waals surface area contributed by atoms with Gasteiger partial charge in [0.15, 0.2) is 0 Å². The molecule has 5 nitrogen and oxygen atoms in total. The molecule has 1 atom stereocenters. The third kappa shape index (κ3) is 4.03. The third-order valence-corrected chi connectivity index (χ3v) is 3.79. The van der Waals surface area contributed by atoms with Gasteiger partial charge in [-0.1, -0.05) is 18.2 Å². The number of anilines is 1. The summed E-state index contributed by atoms with van der Waals surface area (Å²) in [6.07, 6.45) is 1.49. The lowest BCUT2D eigenvalue weighted by molar-refractivity contribution is -0.116. The van der Waals surface area contributed by atoms with Crippen LogP contribution >= 0.6 is 0 Å². The van der Waals surface area contributed by atoms with Gasteiger partial charge in [0.05, 0.1) is 0 Å². The highest BCUT2D eigenvalue weighted by Gasteiger charge is 2.21. The van der Waals surface area contributed by atoms with Crippen LogP contribution in [0.5, 0.6) is 0 Å². The highest BCUT2D eigenvalue weighted by atomic mass is 16.3. The van der Waals surface area contributed by atoms with Gasteiger partial charge in [0, 0.05) is 38.3 Å². The Labute approximate surface area is 119 Å². The van der Waals surface area contributed by atoms with E-state index in [2.05, 4.69) is 10.2 Å². The topological polar surface area (TPSA) is 78.6 Å². The van der Waals surface area contributed by atoms with Gasteiger partial charge in [0.2, 0.25) is 5.91 Å². The van der Waals surface area contributed by atoms with E-state index in [1.165, 1.54) is 0 Å². The Kier molecular flexibility index (Phi) is 5.52. The average molecular weight is 277 g/mol. The molecule has 0 aromatic heterocycles. The Morgan fingerprint density at radius 1 is 1.45 bits per heavy atom. The minimum atomic E-state index is 0.0124. The molecule has 2 rings (SSSR count). The fourth-order valence-electron chi connectivity index (χ4n) is 2.56. The molecule has 1 amide bonds. The molecule has 1 heterocycles. The van der Waals surface area contributed by atoms with Crippen LogP contribution in [0.2, 0.25) is 0 Å². The van der Waals surface area contributed by atoms with Crippen molar-refractivity contribution in [3.05, 3.63) is 29.8 Å². The van der Waals surface area contributed by atoms with E-state index < -0.39 is 0 Å². The zero-order chi connectivity index (χ0) is 14.4. The molecule has 1 aromatic carbocycles. The van der Waals surface area contributed by atoms with Crippen molar-refractivity contribution in [2.24, 2.45) is 11.7 Å². The third-order valence-electron chi connectivity index (χ3n) is 3.79. The van der Waals surface area contributed by atoms with Gasteiger partial charge in [-0.3, -0.25) is 4.79 Å². The Balaban J connectivity index is 1.78. The second-order valence-electron chi connectivity index (χ2n) is 5.30. The number of nitrogens with one attached hydrogen (secondary N) is 1. The van der Waals surface area contributed by atoms with Gasteiger partial charge in [-0.15, -0.1) is 0 Å². The molecule has 1 unspecified atom stereocenters. The van der Waals surface area contributed by atoms with Gasteiger partial charge in [-0.25, -0.2) is 0 Å². The second kappa shape index (κ2) is 7.38. The van der Waals surface area contributed by atoms with Crippen LogP contribution in [0.15, 0.2) is 24.3 Å². The van der Waals surface area contributed by atoms with Crippen LogP contribution < -0.4 is 11.1 Å². The molecule has 0 bridgehead atoms. The predicted octanol–water partition coefficient (Wildman–Crippen LogP) is 0.788. The molecule has 110 valence electrons. The lowest BCUT2D eigenvalue weighted by Gasteiger charge is -2.15. The molecule has 1 aliphatic heterocycles. The molecule has 0 aliphatic carbocycles. The summed E-state index contributed by atoms with van der Waals surface area (Å²) in [6, 6.07) is 7.60. The van der Waals surface area contributed by atoms with E-state index in [4.69, 9.17) is 10.8 Å². The van der Waals surface area contributed by atoms with E-state index in [1.54, 1.807) is 0 Å². The van der Waals surface area contributed by atoms with Crippen molar-refractivity contribution >= 4 is 11.6 Å². The number of rotatable bonds is 6. The summed E-state index contributed by atoms with van der Waals surface area (Å²) in [5, 5.41) is 12.0. The first-order chi connectivity index (χ1) is 9.72. The Hall–Kier alpha value is -1.43. The van der Waals surface area contributed by atoms with Gasteiger partial charge in [0.1, 0.15) is 0 Å². The van der Waals surface area contributed by atoms with E-state index in [-0.39, 0.29) is 12.5 Å². The standard InChI is InChI=1S/C15H23N3O2/c16-9-13-3-1-2-4-14(13)17-15(20)6-8-18-7-5-12(10-18)11-19/h1-4,12,19H,5-11,16H2,(H,17,20). The normalized spacial score (nSPS) is 19.2. The Morgan fingerprint density at radius 2 is 2.25 bits per heavy atom. The number of aliphatic hydroxyl groups excluding tert-OH is 1. The van der Waals surface area contributed by atoms with E-state index in [0.717, 1.165) is 37.3 Å². The molecular weight excluding hydrogens is 254 g/mol. The minimum Gasteiger partial charge on any atom is -0.396 e. The number of likely N-dealkylation sites (tertiary alicyclic amines) is 1. The molecule has 1 aromatic rings. The summed E-state index contributed by atoms with van der Waals surface area (Å²) in [6.45, 7) is 3.27. The summed E-state index contributed by atoms with van der Waals surface area (Å²) < 4.78 is 0. The van der Waals surface area contributed by atoms with Crippen LogP contribution in [0.25, 0.3) is 0 Å². The van der Waals surface area contributed by atoms with Crippen LogP contribution in [0, 0.1) is 5.92 Å². The van der Waals surface area contributed by atoms with Crippen molar-refractivity contribution < 1.29 is 9.90 Å². The van der Waals surface area contributed by atoms with Crippen LogP contribution in [-0.2, 0) is 11.3 Å². The van der Waals surface area contributed by atoms with Crippen molar-refractivity contribution in [3.8, 4) is 0 Å². The van der Waals surface area contributed by atoms with Gasteiger partial charge in [0.25, 0.3) is 0 Å². The van der Waals surface area contributed by atoms with Crippen LogP contribution in [0.4, 0.5) is 5.69 Å². The maximum Gasteiger partial charge on any atom is 0.225 e. The molecule has 5 heteroatoms. The largest absolute Gasteiger partial charge is 0.396 e. The first-order valence-electron chi connectivity index (χ1n) is 7.14. The Morgan fingerprint density at radius 3 is 2.95 bits per heavy atom. The van der Waals surface area contributed by atoms with Gasteiger partial charge in [-0.05, 0) is 30.5 Å². The van der Waals surface area contributed by atoms with Crippen molar-refractivity contribution in [1.82, 2.24) is 4.90 Å². The number of benzene rings is 1. The molecule has 4 N–H and O–H groups in total. The van der Waals surface area contributed by atoms with Crippen LogP contribution in [0.3, 0.4) is 0 Å². The van der Waals surface area contributed by atoms with E-state index in [1.807, 2.05) is 24.3 Å². The molecule has 20 heavy (non-hydrogen) atoms. The smallest absolute Gasteiger partial charge is 0.225 e. The highest BCUT2D eigenvalue weighted by Crippen LogP contribution is 2.17. The van der Waals surface area contributed by atoms with E-state index >= 15 is 0 Å². The lowest BCUT2D eigenvalue weighted by atomic mass is 10.1. The maximum atomic E-state index is 12.0. The molecular formula is C15H23N3O2. The van der Waals surface area contributed by atoms with Crippen LogP contribution in [0.1, 0.15) is 18.4 Å². The maximum absolute atomic E-state index is 12.0. The van der Waals surface area contributed by atoms with Crippen molar-refractivity contribution in [3.63, 3.8) is 0 Å². The molecule has 1 aliphatic rings. The van der Waals surface area contributed by atoms with Gasteiger partial charge in [-0.2, -0.15) is 0 Å². The fraction of sp³-hybridized carbons (Fsp3) is 0.533. The number of hydrogen-bond donors (Lipinski definition) is 3. The van der Waals surface area contributed by atoms with Gasteiger partial charge >= 0.3 is 0 Å². The molecule has 0 radical (unpaired) electrons. The number of carbonyl (C=O) groups is 1. The number of amides is 1. The zero-order valence-electron chi connectivity index (χ0n) is 11.7. The number of para-hydroxylation sites is 1. The lowest BCUT2D eigenvalue weighted by Crippen LogP contribution is -2.26. The number of carbonyl (C=O) groups excluding carboxylic acids is 1. The summed E-state index contributed by atoms with van der Waals surface area (Å²) in [5.41, 5.74) is 7.39. The summed E-state index contributed by atoms with van der Waals surface area (Å²) in [4.78, 5) is 14.2. The summed E-state index contributed by atoms with van der Waals surface area (Å²) in [5.74, 6) is 0.384. The summed E-state index contributed by atoms with van der Waals surface area (Å²) >= 11 is 0. The van der Waals surface area contributed by atoms with Crippen molar-refractivity contribution in [1.29, 1.82) is 0 Å². The predicted molar refractivity (Wildman–Crippen MR) is 79.2 cm³/mol. The van der Waals surface area contributed by atoms with Gasteiger partial charge < -0.3 is 21.1 Å². The molecule has 0 spiro atoms. The highest BCUT2D eigenvalue weighted by molar-refractivity contribution is 5.91. The number of nitrogens with two attached hydrogens (primary N) is 1. The quantitative estimate of drug-likeness (QED) is 0.718. The van der Waals surface area contributed by atoms with Crippen molar-refractivity contribution in [2.45, 2.75) is 19.4 Å². The summed E-state index contributed by atoms with van der Waals surface area (Å²) in [7, 11) is 0. The monoisotopic (exact) mass is 277 g/mol. The average Bonchev–Trinajstić information content (AvgIpc) is 2.94. The van der Waals surface area contributed by atoms with Crippen molar-refractivity contribution in [2.75, 3.05) is 31.6 Å². The first-order valence-corrected chi connectivity index (χ1v) is 7.14. The zero-order valence-corrected chi connectivity index (χ0v) is 11.7. The number of nitrogens with zero attached hydrogens (tertiary/aromatic N) is 1. The molecule has 1 saturated heterocycles. The SMILES string of the molecule is NCc1ccccc1NC(=O)CCN1CCC(CO)C1. The van der Waals surface area contributed by atoms with Crippen LogP contribution in [-0.4, -0.2) is 42.2 Å². The first kappa shape index (κ1) is 15.0. The molecule has 0 saturated carbocycles. The van der Waals surface area contributed by atoms with E-state index in [9.17, 15) is 4.79 Å². The van der Waals surface area contributed by atoms with E-state index in [0.29, 0.717) is 18.9 Å². The minimum absolute atomic E-state index is 0.0124. The number of hydrogen-bond acceptors (Lipinski definition) is 4. The number of aliphatic hydroxyl groups is 1. The fourth-order valence-corrected chi connectivity index (χ4v) is 2.56. The second-order valence-corrected chi connectivity index (χ2v) is 5.30.